The molecule has 0 aliphatic carbocycles. The zero-order chi connectivity index (χ0) is 16.6. The van der Waals surface area contributed by atoms with Crippen LogP contribution in [0.4, 0.5) is 5.69 Å². The van der Waals surface area contributed by atoms with Gasteiger partial charge in [0.05, 0.1) is 10.6 Å². The van der Waals surface area contributed by atoms with Crippen LogP contribution in [0.2, 0.25) is 10.0 Å². The number of amides is 1. The van der Waals surface area contributed by atoms with Crippen LogP contribution in [-0.2, 0) is 4.79 Å². The molecule has 1 aliphatic rings. The molecule has 1 fully saturated rings. The van der Waals surface area contributed by atoms with Crippen molar-refractivity contribution in [2.75, 3.05) is 4.90 Å². The van der Waals surface area contributed by atoms with Gasteiger partial charge in [-0.25, -0.2) is 0 Å². The number of hydrogen-bond donors (Lipinski definition) is 0. The molecule has 0 unspecified atom stereocenters. The van der Waals surface area contributed by atoms with Crippen LogP contribution in [0, 0.1) is 0 Å². The van der Waals surface area contributed by atoms with E-state index in [-0.39, 0.29) is 5.91 Å². The molecule has 1 aliphatic heterocycles. The number of thioether (sulfide) groups is 1. The summed E-state index contributed by atoms with van der Waals surface area (Å²) >= 11 is 22.0. The second-order valence-electron chi connectivity index (χ2n) is 4.66. The third kappa shape index (κ3) is 3.64. The van der Waals surface area contributed by atoms with Gasteiger partial charge in [-0.15, -0.1) is 0 Å². The minimum atomic E-state index is -0.159. The van der Waals surface area contributed by atoms with Gasteiger partial charge < -0.3 is 0 Å². The molecule has 1 amide bonds. The van der Waals surface area contributed by atoms with E-state index in [1.807, 2.05) is 24.3 Å². The number of thiocarbonyl (C=S) groups is 1. The smallest absolute Gasteiger partial charge is 0.268 e. The van der Waals surface area contributed by atoms with Crippen molar-refractivity contribution in [3.05, 3.63) is 67.5 Å². The predicted octanol–water partition coefficient (Wildman–Crippen LogP) is 6.16. The molecule has 0 saturated carbocycles. The minimum Gasteiger partial charge on any atom is -0.268 e. The van der Waals surface area contributed by atoms with Gasteiger partial charge in [0.15, 0.2) is 4.32 Å². The van der Waals surface area contributed by atoms with Crippen molar-refractivity contribution in [1.29, 1.82) is 0 Å². The van der Waals surface area contributed by atoms with Crippen LogP contribution in [0.15, 0.2) is 51.8 Å². The second-order valence-corrected chi connectivity index (χ2v) is 8.09. The maximum absolute atomic E-state index is 12.7. The van der Waals surface area contributed by atoms with Crippen molar-refractivity contribution in [3.8, 4) is 0 Å². The first-order valence-electron chi connectivity index (χ1n) is 6.44. The first-order chi connectivity index (χ1) is 11.0. The van der Waals surface area contributed by atoms with E-state index in [0.29, 0.717) is 19.3 Å². The average molecular weight is 445 g/mol. The van der Waals surface area contributed by atoms with Crippen LogP contribution >= 0.6 is 63.1 Å². The third-order valence-electron chi connectivity index (χ3n) is 3.13. The maximum atomic E-state index is 12.7. The molecule has 0 atom stereocenters. The molecule has 0 aromatic heterocycles. The summed E-state index contributed by atoms with van der Waals surface area (Å²) in [6.07, 6.45) is 1.73. The van der Waals surface area contributed by atoms with Crippen molar-refractivity contribution in [3.63, 3.8) is 0 Å². The summed E-state index contributed by atoms with van der Waals surface area (Å²) in [5.74, 6) is -0.159. The van der Waals surface area contributed by atoms with Crippen molar-refractivity contribution >= 4 is 85.1 Å². The molecule has 1 heterocycles. The number of hydrogen-bond acceptors (Lipinski definition) is 3. The number of carbonyl (C=O) groups excluding carboxylic acids is 1. The molecule has 2 aromatic carbocycles. The van der Waals surface area contributed by atoms with Crippen molar-refractivity contribution in [2.45, 2.75) is 0 Å². The van der Waals surface area contributed by atoms with Gasteiger partial charge in [-0.3, -0.25) is 9.69 Å². The molecule has 0 N–H and O–H groups in total. The van der Waals surface area contributed by atoms with Gasteiger partial charge in [0.2, 0.25) is 0 Å². The number of anilines is 1. The standard InChI is InChI=1S/C16H8BrCl2NOS2/c17-10-2-5-12(6-3-10)20-15(21)14(23-16(20)22)7-9-1-4-11(18)8-13(9)19/h1-8H. The number of carbonyl (C=O) groups is 1. The lowest BCUT2D eigenvalue weighted by molar-refractivity contribution is -0.113. The lowest BCUT2D eigenvalue weighted by Gasteiger charge is -2.14. The summed E-state index contributed by atoms with van der Waals surface area (Å²) in [6, 6.07) is 12.6. The van der Waals surface area contributed by atoms with Gasteiger partial charge in [-0.05, 0) is 48.0 Å². The van der Waals surface area contributed by atoms with Crippen molar-refractivity contribution in [1.82, 2.24) is 0 Å². The fourth-order valence-corrected chi connectivity index (χ4v) is 4.06. The van der Waals surface area contributed by atoms with E-state index in [1.165, 1.54) is 16.7 Å². The first kappa shape index (κ1) is 17.0. The Morgan fingerprint density at radius 1 is 1.13 bits per heavy atom. The minimum absolute atomic E-state index is 0.159. The van der Waals surface area contributed by atoms with E-state index in [1.54, 1.807) is 24.3 Å². The van der Waals surface area contributed by atoms with Gasteiger partial charge in [0.1, 0.15) is 0 Å². The summed E-state index contributed by atoms with van der Waals surface area (Å²) < 4.78 is 1.43. The highest BCUT2D eigenvalue weighted by molar-refractivity contribution is 9.10. The van der Waals surface area contributed by atoms with Gasteiger partial charge >= 0.3 is 0 Å². The lowest BCUT2D eigenvalue weighted by atomic mass is 10.2. The molecule has 0 bridgehead atoms. The van der Waals surface area contributed by atoms with Gasteiger partial charge in [-0.2, -0.15) is 0 Å². The molecule has 2 nitrogen and oxygen atoms in total. The maximum Gasteiger partial charge on any atom is 0.270 e. The van der Waals surface area contributed by atoms with E-state index < -0.39 is 0 Å². The molecule has 0 spiro atoms. The van der Waals surface area contributed by atoms with Crippen molar-refractivity contribution < 1.29 is 4.79 Å². The topological polar surface area (TPSA) is 20.3 Å². The SMILES string of the molecule is O=C1C(=Cc2ccc(Cl)cc2Cl)SC(=S)N1c1ccc(Br)cc1. The number of halogens is 3. The van der Waals surface area contributed by atoms with E-state index in [9.17, 15) is 4.79 Å². The zero-order valence-corrected chi connectivity index (χ0v) is 16.2. The fourth-order valence-electron chi connectivity index (χ4n) is 2.04. The normalized spacial score (nSPS) is 16.5. The molecule has 23 heavy (non-hydrogen) atoms. The largest absolute Gasteiger partial charge is 0.270 e. The Bertz CT molecular complexity index is 836. The summed E-state index contributed by atoms with van der Waals surface area (Å²) in [5.41, 5.74) is 1.47. The Morgan fingerprint density at radius 3 is 2.48 bits per heavy atom. The zero-order valence-electron chi connectivity index (χ0n) is 11.4. The highest BCUT2D eigenvalue weighted by Gasteiger charge is 2.33. The quantitative estimate of drug-likeness (QED) is 0.408. The van der Waals surface area contributed by atoms with Crippen LogP contribution < -0.4 is 4.90 Å². The first-order valence-corrected chi connectivity index (χ1v) is 9.21. The van der Waals surface area contributed by atoms with E-state index in [4.69, 9.17) is 35.4 Å². The Kier molecular flexibility index (Phi) is 5.13. The van der Waals surface area contributed by atoms with E-state index in [0.717, 1.165) is 15.7 Å². The summed E-state index contributed by atoms with van der Waals surface area (Å²) in [6.45, 7) is 0. The number of benzene rings is 2. The molecule has 116 valence electrons. The summed E-state index contributed by atoms with van der Waals surface area (Å²) in [4.78, 5) is 14.7. The molecule has 0 radical (unpaired) electrons. The summed E-state index contributed by atoms with van der Waals surface area (Å²) in [7, 11) is 0. The Hall–Kier alpha value is -0.850. The summed E-state index contributed by atoms with van der Waals surface area (Å²) in [5, 5.41) is 1.04. The third-order valence-corrected chi connectivity index (χ3v) is 5.52. The van der Waals surface area contributed by atoms with Crippen LogP contribution in [0.1, 0.15) is 5.56 Å². The molecule has 2 aromatic rings. The van der Waals surface area contributed by atoms with Crippen LogP contribution in [0.3, 0.4) is 0 Å². The monoisotopic (exact) mass is 443 g/mol. The molecule has 7 heteroatoms. The Labute approximate surface area is 161 Å². The average Bonchev–Trinajstić information content (AvgIpc) is 2.78. The molecular formula is C16H8BrCl2NOS2. The lowest BCUT2D eigenvalue weighted by Crippen LogP contribution is -2.27. The van der Waals surface area contributed by atoms with Crippen LogP contribution in [0.25, 0.3) is 6.08 Å². The fraction of sp³-hybridized carbons (Fsp3) is 0. The number of rotatable bonds is 2. The van der Waals surface area contributed by atoms with E-state index in [2.05, 4.69) is 15.9 Å². The Balaban J connectivity index is 1.94. The van der Waals surface area contributed by atoms with Gasteiger partial charge in [-0.1, -0.05) is 69.2 Å². The second kappa shape index (κ2) is 6.95. The van der Waals surface area contributed by atoms with E-state index >= 15 is 0 Å². The molecular weight excluding hydrogens is 437 g/mol. The van der Waals surface area contributed by atoms with Gasteiger partial charge in [0.25, 0.3) is 5.91 Å². The highest BCUT2D eigenvalue weighted by Crippen LogP contribution is 2.37. The molecule has 3 rings (SSSR count). The van der Waals surface area contributed by atoms with Gasteiger partial charge in [0, 0.05) is 14.5 Å². The predicted molar refractivity (Wildman–Crippen MR) is 106 cm³/mol. The van der Waals surface area contributed by atoms with Crippen LogP contribution in [0.5, 0.6) is 0 Å². The van der Waals surface area contributed by atoms with Crippen LogP contribution in [-0.4, -0.2) is 10.2 Å². The molecule has 1 saturated heterocycles. The number of nitrogens with zero attached hydrogens (tertiary/aromatic N) is 1. The highest BCUT2D eigenvalue weighted by atomic mass is 79.9. The Morgan fingerprint density at radius 2 is 1.83 bits per heavy atom. The van der Waals surface area contributed by atoms with Crippen molar-refractivity contribution in [2.24, 2.45) is 0 Å².